The Kier molecular flexibility index (Phi) is 8.88. The van der Waals surface area contributed by atoms with Gasteiger partial charge in [0.1, 0.15) is 0 Å². The molecule has 4 heteroatoms. The molecule has 3 N–H and O–H groups in total. The van der Waals surface area contributed by atoms with Gasteiger partial charge in [-0.15, -0.1) is 0 Å². The van der Waals surface area contributed by atoms with E-state index in [-0.39, 0.29) is 12.1 Å². The van der Waals surface area contributed by atoms with Gasteiger partial charge in [0.05, 0.1) is 16.8 Å². The molecule has 4 atom stereocenters. The Hall–Kier alpha value is -7.24. The number of hydrogen-bond acceptors (Lipinski definition) is 4. The summed E-state index contributed by atoms with van der Waals surface area (Å²) in [5, 5.41) is 11.4. The Balaban J connectivity index is 0.915. The quantitative estimate of drug-likeness (QED) is 0.127. The van der Waals surface area contributed by atoms with Crippen molar-refractivity contribution in [1.82, 2.24) is 16.0 Å². The van der Waals surface area contributed by atoms with Crippen LogP contribution in [0, 0.1) is 0 Å². The van der Waals surface area contributed by atoms with Crippen LogP contribution in [0.3, 0.4) is 0 Å². The van der Waals surface area contributed by atoms with Gasteiger partial charge in [-0.05, 0) is 121 Å². The van der Waals surface area contributed by atoms with Crippen LogP contribution in [0.5, 0.6) is 0 Å². The molecule has 0 saturated carbocycles. The highest BCUT2D eigenvalue weighted by Gasteiger charge is 2.53. The highest BCUT2D eigenvalue weighted by molar-refractivity contribution is 5.93. The number of nitrogens with zero attached hydrogens (tertiary/aromatic N) is 1. The maximum absolute atomic E-state index is 3.89. The van der Waals surface area contributed by atoms with Crippen LogP contribution in [0.15, 0.2) is 230 Å². The molecule has 1 saturated heterocycles. The molecule has 298 valence electrons. The molecule has 0 bridgehead atoms. The molecule has 8 aromatic carbocycles. The summed E-state index contributed by atoms with van der Waals surface area (Å²) >= 11 is 0. The van der Waals surface area contributed by atoms with E-state index in [1.54, 1.807) is 0 Å². The van der Waals surface area contributed by atoms with Crippen LogP contribution in [-0.2, 0) is 12.0 Å². The number of allylic oxidation sites excluding steroid dienone is 1. The summed E-state index contributed by atoms with van der Waals surface area (Å²) in [5.41, 5.74) is 19.9. The molecule has 4 unspecified atom stereocenters. The zero-order valence-corrected chi connectivity index (χ0v) is 34.4. The first-order valence-corrected chi connectivity index (χ1v) is 21.9. The van der Waals surface area contributed by atoms with Crippen LogP contribution in [0.1, 0.15) is 45.5 Å². The van der Waals surface area contributed by atoms with Gasteiger partial charge >= 0.3 is 0 Å². The first kappa shape index (κ1) is 36.6. The van der Waals surface area contributed by atoms with Crippen LogP contribution >= 0.6 is 0 Å². The van der Waals surface area contributed by atoms with Crippen LogP contribution in [-0.4, -0.2) is 12.6 Å². The topological polar surface area (TPSA) is 49.2 Å². The minimum Gasteiger partial charge on any atom is -0.387 e. The smallest absolute Gasteiger partial charge is 0.0734 e. The fourth-order valence-corrected chi connectivity index (χ4v) is 10.7. The van der Waals surface area contributed by atoms with Crippen LogP contribution in [0.2, 0.25) is 0 Å². The molecule has 3 heterocycles. The molecular weight excluding hydrogens is 753 g/mol. The van der Waals surface area contributed by atoms with Crippen LogP contribution in [0.4, 0.5) is 11.4 Å². The normalized spacial score (nSPS) is 19.6. The SMILES string of the molecule is C1=CC2=C(CN1)C1(c3ccccc3-c3ccc(-c4cccc(-c5cccc(C6NC6C(NCc6ccccc6)c6ccccc6)c5)c4)cc31)c1ccccc1N2c1ccccc1. The lowest BCUT2D eigenvalue weighted by molar-refractivity contribution is 0.516. The van der Waals surface area contributed by atoms with Gasteiger partial charge in [0.25, 0.3) is 0 Å². The van der Waals surface area contributed by atoms with Crippen molar-refractivity contribution in [2.45, 2.75) is 30.1 Å². The zero-order chi connectivity index (χ0) is 41.0. The van der Waals surface area contributed by atoms with E-state index in [1.165, 1.54) is 89.4 Å². The van der Waals surface area contributed by atoms with E-state index in [9.17, 15) is 0 Å². The van der Waals surface area contributed by atoms with Gasteiger partial charge < -0.3 is 20.9 Å². The summed E-state index contributed by atoms with van der Waals surface area (Å²) in [6, 6.07) is 76.7. The Labute approximate surface area is 363 Å². The van der Waals surface area contributed by atoms with E-state index in [0.29, 0.717) is 6.04 Å². The molecule has 1 spiro atoms. The average Bonchev–Trinajstić information content (AvgIpc) is 4.09. The number of benzene rings is 8. The Morgan fingerprint density at radius 3 is 2.02 bits per heavy atom. The summed E-state index contributed by atoms with van der Waals surface area (Å²) < 4.78 is 0. The summed E-state index contributed by atoms with van der Waals surface area (Å²) in [6.45, 7) is 1.57. The Morgan fingerprint density at radius 1 is 0.565 bits per heavy atom. The third-order valence-electron chi connectivity index (χ3n) is 13.5. The standard InChI is InChI=1S/C58H46N4/c1-4-16-39(17-5-1)37-60-55(40-18-6-2-7-19-40)57-56(61-57)45-23-15-22-43(35-45)41-20-14-21-42(34-41)44-30-31-48-47-26-10-11-27-49(47)58(51(48)36-44)50-28-12-13-29-53(50)62(46-24-8-3-9-25-46)54-32-33-59-38-52(54)58/h1-36,55-57,59-61H,37-38H2. The molecule has 4 nitrogen and oxygen atoms in total. The van der Waals surface area contributed by atoms with Crippen molar-refractivity contribution < 1.29 is 0 Å². The second-order valence-electron chi connectivity index (χ2n) is 17.0. The number of nitrogens with one attached hydrogen (secondary N) is 3. The third-order valence-corrected chi connectivity index (χ3v) is 13.5. The summed E-state index contributed by atoms with van der Waals surface area (Å²) in [5.74, 6) is 0. The van der Waals surface area contributed by atoms with E-state index >= 15 is 0 Å². The lowest BCUT2D eigenvalue weighted by Crippen LogP contribution is -2.43. The van der Waals surface area contributed by atoms with Crippen molar-refractivity contribution in [3.05, 3.63) is 263 Å². The molecule has 0 amide bonds. The minimum atomic E-state index is -0.468. The lowest BCUT2D eigenvalue weighted by Gasteiger charge is -2.47. The monoisotopic (exact) mass is 798 g/mol. The predicted octanol–water partition coefficient (Wildman–Crippen LogP) is 12.4. The number of para-hydroxylation sites is 2. The minimum absolute atomic E-state index is 0.187. The maximum Gasteiger partial charge on any atom is 0.0734 e. The van der Waals surface area contributed by atoms with Crippen molar-refractivity contribution >= 4 is 11.4 Å². The van der Waals surface area contributed by atoms with E-state index in [1.807, 2.05) is 0 Å². The Bertz CT molecular complexity index is 3030. The summed E-state index contributed by atoms with van der Waals surface area (Å²) in [6.07, 6.45) is 4.38. The highest BCUT2D eigenvalue weighted by atomic mass is 15.2. The second-order valence-corrected chi connectivity index (χ2v) is 17.0. The number of dihydropyridines is 1. The van der Waals surface area contributed by atoms with Gasteiger partial charge in [-0.3, -0.25) is 0 Å². The first-order chi connectivity index (χ1) is 30.8. The van der Waals surface area contributed by atoms with Gasteiger partial charge in [0, 0.05) is 36.9 Å². The van der Waals surface area contributed by atoms with E-state index < -0.39 is 5.41 Å². The van der Waals surface area contributed by atoms with Gasteiger partial charge in [-0.25, -0.2) is 0 Å². The first-order valence-electron chi connectivity index (χ1n) is 21.9. The zero-order valence-electron chi connectivity index (χ0n) is 34.4. The molecule has 8 aromatic rings. The van der Waals surface area contributed by atoms with Crippen molar-refractivity contribution in [3.63, 3.8) is 0 Å². The van der Waals surface area contributed by atoms with E-state index in [2.05, 4.69) is 239 Å². The lowest BCUT2D eigenvalue weighted by atomic mass is 9.63. The fourth-order valence-electron chi connectivity index (χ4n) is 10.7. The number of fused-ring (bicyclic) bond motifs is 8. The van der Waals surface area contributed by atoms with E-state index in [4.69, 9.17) is 0 Å². The van der Waals surface area contributed by atoms with Crippen molar-refractivity contribution in [3.8, 4) is 33.4 Å². The molecule has 4 aliphatic rings. The molecule has 0 radical (unpaired) electrons. The average molecular weight is 799 g/mol. The number of anilines is 2. The van der Waals surface area contributed by atoms with Crippen molar-refractivity contribution in [2.24, 2.45) is 0 Å². The molecular formula is C58H46N4. The molecule has 12 rings (SSSR count). The number of hydrogen-bond donors (Lipinski definition) is 3. The predicted molar refractivity (Wildman–Crippen MR) is 254 cm³/mol. The van der Waals surface area contributed by atoms with Crippen molar-refractivity contribution in [2.75, 3.05) is 11.4 Å². The van der Waals surface area contributed by atoms with E-state index in [0.717, 1.165) is 13.1 Å². The van der Waals surface area contributed by atoms with Crippen LogP contribution in [0.25, 0.3) is 33.4 Å². The highest BCUT2D eigenvalue weighted by Crippen LogP contribution is 2.62. The summed E-state index contributed by atoms with van der Waals surface area (Å²) in [4.78, 5) is 2.46. The molecule has 1 fully saturated rings. The van der Waals surface area contributed by atoms with Gasteiger partial charge in [0.15, 0.2) is 0 Å². The third kappa shape index (κ3) is 5.98. The molecule has 0 aromatic heterocycles. The van der Waals surface area contributed by atoms with Gasteiger partial charge in [-0.1, -0.05) is 170 Å². The maximum atomic E-state index is 3.89. The fraction of sp³-hybridized carbons (Fsp3) is 0.103. The second kappa shape index (κ2) is 15.0. The molecule has 3 aliphatic heterocycles. The van der Waals surface area contributed by atoms with Gasteiger partial charge in [-0.2, -0.15) is 0 Å². The summed E-state index contributed by atoms with van der Waals surface area (Å²) in [7, 11) is 0. The molecule has 62 heavy (non-hydrogen) atoms. The Morgan fingerprint density at radius 2 is 1.21 bits per heavy atom. The number of rotatable bonds is 9. The van der Waals surface area contributed by atoms with Crippen LogP contribution < -0.4 is 20.9 Å². The molecule has 1 aliphatic carbocycles. The van der Waals surface area contributed by atoms with Crippen molar-refractivity contribution in [1.29, 1.82) is 0 Å². The largest absolute Gasteiger partial charge is 0.387 e. The van der Waals surface area contributed by atoms with Gasteiger partial charge in [0.2, 0.25) is 0 Å².